The van der Waals surface area contributed by atoms with Gasteiger partial charge in [0.05, 0.1) is 20.6 Å². The van der Waals surface area contributed by atoms with Gasteiger partial charge in [-0.15, -0.1) is 0 Å². The molecule has 0 radical (unpaired) electrons. The Hall–Kier alpha value is -2.78. The number of sulfonamides is 1. The SMILES string of the molecule is CCC(C(=O)NC)N(Cc1ccc(Cl)c(Cl)c1)C(=O)CN(c1cccc(Cl)c1)S(=O)(=O)c1ccc(C)cc1. The molecule has 7 nitrogen and oxygen atoms in total. The summed E-state index contributed by atoms with van der Waals surface area (Å²) in [7, 11) is -2.69. The Labute approximate surface area is 238 Å². The highest BCUT2D eigenvalue weighted by molar-refractivity contribution is 7.92. The van der Waals surface area contributed by atoms with Crippen molar-refractivity contribution in [3.8, 4) is 0 Å². The van der Waals surface area contributed by atoms with Crippen LogP contribution in [0.4, 0.5) is 5.69 Å². The van der Waals surface area contributed by atoms with Gasteiger partial charge in [-0.1, -0.05) is 71.6 Å². The monoisotopic (exact) mass is 595 g/mol. The Balaban J connectivity index is 2.07. The molecule has 0 aliphatic rings. The van der Waals surface area contributed by atoms with Crippen molar-refractivity contribution in [1.82, 2.24) is 10.2 Å². The van der Waals surface area contributed by atoms with Gasteiger partial charge in [-0.2, -0.15) is 0 Å². The predicted octanol–water partition coefficient (Wildman–Crippen LogP) is 5.70. The molecule has 1 atom stereocenters. The van der Waals surface area contributed by atoms with Crippen LogP contribution in [0.5, 0.6) is 0 Å². The molecule has 2 amide bonds. The third-order valence-electron chi connectivity index (χ3n) is 5.95. The lowest BCUT2D eigenvalue weighted by atomic mass is 10.1. The van der Waals surface area contributed by atoms with E-state index >= 15 is 0 Å². The summed E-state index contributed by atoms with van der Waals surface area (Å²) in [6.45, 7) is 3.06. The molecule has 3 aromatic carbocycles. The van der Waals surface area contributed by atoms with Crippen LogP contribution in [0.1, 0.15) is 24.5 Å². The molecule has 1 unspecified atom stereocenters. The zero-order chi connectivity index (χ0) is 28.0. The Morgan fingerprint density at radius 3 is 2.21 bits per heavy atom. The van der Waals surface area contributed by atoms with Crippen LogP contribution < -0.4 is 9.62 Å². The van der Waals surface area contributed by atoms with E-state index in [9.17, 15) is 18.0 Å². The van der Waals surface area contributed by atoms with Gasteiger partial charge in [0.15, 0.2) is 0 Å². The molecule has 202 valence electrons. The summed E-state index contributed by atoms with van der Waals surface area (Å²) in [5, 5.41) is 3.54. The van der Waals surface area contributed by atoms with E-state index < -0.39 is 28.5 Å². The number of carbonyl (C=O) groups excluding carboxylic acids is 2. The van der Waals surface area contributed by atoms with Gasteiger partial charge >= 0.3 is 0 Å². The van der Waals surface area contributed by atoms with Crippen molar-refractivity contribution < 1.29 is 18.0 Å². The minimum absolute atomic E-state index is 0.00954. The van der Waals surface area contributed by atoms with E-state index in [1.165, 1.54) is 30.1 Å². The van der Waals surface area contributed by atoms with E-state index in [1.807, 2.05) is 6.92 Å². The molecule has 3 aromatic rings. The van der Waals surface area contributed by atoms with E-state index in [-0.39, 0.29) is 23.0 Å². The van der Waals surface area contributed by atoms with Crippen molar-refractivity contribution in [2.45, 2.75) is 37.8 Å². The first-order valence-corrected chi connectivity index (χ1v) is 14.3. The second-order valence-corrected chi connectivity index (χ2v) is 11.7. The highest BCUT2D eigenvalue weighted by Gasteiger charge is 2.33. The zero-order valence-electron chi connectivity index (χ0n) is 21.1. The number of anilines is 1. The van der Waals surface area contributed by atoms with E-state index in [2.05, 4.69) is 5.32 Å². The molecule has 0 spiro atoms. The average Bonchev–Trinajstić information content (AvgIpc) is 2.89. The Bertz CT molecular complexity index is 1420. The second kappa shape index (κ2) is 12.8. The van der Waals surface area contributed by atoms with Gasteiger partial charge in [-0.05, 0) is 61.4 Å². The van der Waals surface area contributed by atoms with Crippen molar-refractivity contribution in [2.24, 2.45) is 0 Å². The zero-order valence-corrected chi connectivity index (χ0v) is 24.2. The summed E-state index contributed by atoms with van der Waals surface area (Å²) < 4.78 is 28.6. The number of hydrogen-bond acceptors (Lipinski definition) is 4. The third-order valence-corrected chi connectivity index (χ3v) is 8.72. The predicted molar refractivity (Wildman–Crippen MR) is 152 cm³/mol. The highest BCUT2D eigenvalue weighted by atomic mass is 35.5. The van der Waals surface area contributed by atoms with Crippen LogP contribution in [0.2, 0.25) is 15.1 Å². The quantitative estimate of drug-likeness (QED) is 0.325. The Morgan fingerprint density at radius 1 is 0.947 bits per heavy atom. The summed E-state index contributed by atoms with van der Waals surface area (Å²) in [5.41, 5.74) is 1.73. The van der Waals surface area contributed by atoms with Crippen LogP contribution in [-0.2, 0) is 26.2 Å². The first kappa shape index (κ1) is 29.8. The van der Waals surface area contributed by atoms with Crippen LogP contribution in [0.25, 0.3) is 0 Å². The Kier molecular flexibility index (Phi) is 10.1. The van der Waals surface area contributed by atoms with E-state index in [4.69, 9.17) is 34.8 Å². The first-order chi connectivity index (χ1) is 18.0. The van der Waals surface area contributed by atoms with Gasteiger partial charge in [0, 0.05) is 18.6 Å². The Morgan fingerprint density at radius 2 is 1.63 bits per heavy atom. The maximum atomic E-state index is 13.9. The maximum absolute atomic E-state index is 13.9. The molecule has 0 aliphatic carbocycles. The molecule has 38 heavy (non-hydrogen) atoms. The van der Waals surface area contributed by atoms with Gasteiger partial charge in [0.2, 0.25) is 11.8 Å². The van der Waals surface area contributed by atoms with Crippen molar-refractivity contribution in [3.05, 3.63) is 92.9 Å². The number of amides is 2. The number of carbonyl (C=O) groups is 2. The van der Waals surface area contributed by atoms with Crippen molar-refractivity contribution in [1.29, 1.82) is 0 Å². The third kappa shape index (κ3) is 6.99. The normalized spacial score (nSPS) is 12.1. The molecule has 0 aromatic heterocycles. The van der Waals surface area contributed by atoms with Gasteiger partial charge in [0.25, 0.3) is 10.0 Å². The largest absolute Gasteiger partial charge is 0.357 e. The van der Waals surface area contributed by atoms with Gasteiger partial charge in [-0.3, -0.25) is 13.9 Å². The molecular weight excluding hydrogens is 569 g/mol. The van der Waals surface area contributed by atoms with Crippen molar-refractivity contribution in [2.75, 3.05) is 17.9 Å². The summed E-state index contributed by atoms with van der Waals surface area (Å²) in [6, 6.07) is 16.6. The number of rotatable bonds is 10. The van der Waals surface area contributed by atoms with Gasteiger partial charge in [-0.25, -0.2) is 8.42 Å². The lowest BCUT2D eigenvalue weighted by Gasteiger charge is -2.33. The second-order valence-electron chi connectivity index (χ2n) is 8.61. The molecule has 0 bridgehead atoms. The number of halogens is 3. The van der Waals surface area contributed by atoms with E-state index in [1.54, 1.807) is 55.5 Å². The van der Waals surface area contributed by atoms with E-state index in [0.717, 1.165) is 9.87 Å². The number of aryl methyl sites for hydroxylation is 1. The maximum Gasteiger partial charge on any atom is 0.264 e. The van der Waals surface area contributed by atoms with Crippen molar-refractivity contribution >= 4 is 62.3 Å². The summed E-state index contributed by atoms with van der Waals surface area (Å²) in [4.78, 5) is 28.0. The number of nitrogens with zero attached hydrogens (tertiary/aromatic N) is 2. The fraction of sp³-hybridized carbons (Fsp3) is 0.259. The lowest BCUT2D eigenvalue weighted by molar-refractivity contribution is -0.140. The molecular formula is C27H28Cl3N3O4S. The first-order valence-electron chi connectivity index (χ1n) is 11.8. The van der Waals surface area contributed by atoms with E-state index in [0.29, 0.717) is 27.1 Å². The summed E-state index contributed by atoms with van der Waals surface area (Å²) in [6.07, 6.45) is 0.300. The molecule has 11 heteroatoms. The topological polar surface area (TPSA) is 86.8 Å². The molecule has 0 heterocycles. The minimum atomic E-state index is -4.17. The van der Waals surface area contributed by atoms with Crippen LogP contribution in [0.15, 0.2) is 71.6 Å². The average molecular weight is 597 g/mol. The smallest absolute Gasteiger partial charge is 0.264 e. The number of nitrogens with one attached hydrogen (secondary N) is 1. The molecule has 0 fully saturated rings. The molecule has 3 rings (SSSR count). The van der Waals surface area contributed by atoms with Gasteiger partial charge < -0.3 is 10.2 Å². The van der Waals surface area contributed by atoms with Crippen molar-refractivity contribution in [3.63, 3.8) is 0 Å². The molecule has 1 N–H and O–H groups in total. The number of likely N-dealkylation sites (N-methyl/N-ethyl adjacent to an activating group) is 1. The number of hydrogen-bond donors (Lipinski definition) is 1. The number of benzene rings is 3. The van der Waals surface area contributed by atoms with Crippen LogP contribution in [0, 0.1) is 6.92 Å². The van der Waals surface area contributed by atoms with Gasteiger partial charge in [0.1, 0.15) is 12.6 Å². The standard InChI is InChI=1S/C27H28Cl3N3O4S/c1-4-25(27(35)31-3)32(16-19-10-13-23(29)24(30)14-19)26(34)17-33(21-7-5-6-20(28)15-21)38(36,37)22-11-8-18(2)9-12-22/h5-15,25H,4,16-17H2,1-3H3,(H,31,35). The van der Waals surface area contributed by atoms with Crippen LogP contribution >= 0.6 is 34.8 Å². The van der Waals surface area contributed by atoms with Crippen LogP contribution in [0.3, 0.4) is 0 Å². The fourth-order valence-corrected chi connectivity index (χ4v) is 5.83. The summed E-state index contributed by atoms with van der Waals surface area (Å²) in [5.74, 6) is -0.959. The van der Waals surface area contributed by atoms with Crippen LogP contribution in [-0.4, -0.2) is 44.8 Å². The summed E-state index contributed by atoms with van der Waals surface area (Å²) >= 11 is 18.4. The molecule has 0 saturated carbocycles. The fourth-order valence-electron chi connectivity index (χ4n) is 3.92. The molecule has 0 aliphatic heterocycles. The lowest BCUT2D eigenvalue weighted by Crippen LogP contribution is -2.51. The highest BCUT2D eigenvalue weighted by Crippen LogP contribution is 2.28. The molecule has 0 saturated heterocycles. The minimum Gasteiger partial charge on any atom is -0.357 e.